The molecule has 0 aliphatic heterocycles. The first-order chi connectivity index (χ1) is 8.22. The summed E-state index contributed by atoms with van der Waals surface area (Å²) in [6.07, 6.45) is 0.997. The minimum absolute atomic E-state index is 0.334. The second-order valence-electron chi connectivity index (χ2n) is 3.76. The molecule has 0 amide bonds. The Bertz CT molecular complexity index is 496. The zero-order chi connectivity index (χ0) is 12.3. The fourth-order valence-electron chi connectivity index (χ4n) is 1.78. The van der Waals surface area contributed by atoms with E-state index >= 15 is 0 Å². The van der Waals surface area contributed by atoms with Crippen molar-refractivity contribution in [2.24, 2.45) is 0 Å². The number of halogens is 2. The second-order valence-corrected chi connectivity index (χ2v) is 6.47. The van der Waals surface area contributed by atoms with Crippen LogP contribution < -0.4 is 5.32 Å². The number of hydrogen-bond donors (Lipinski definition) is 1. The van der Waals surface area contributed by atoms with Crippen molar-refractivity contribution in [1.82, 2.24) is 5.32 Å². The molecular formula is C13H13Br2NS. The molecule has 0 radical (unpaired) electrons. The molecule has 0 saturated heterocycles. The molecule has 4 heteroatoms. The Morgan fingerprint density at radius 3 is 2.53 bits per heavy atom. The summed E-state index contributed by atoms with van der Waals surface area (Å²) < 4.78 is 2.36. The Labute approximate surface area is 123 Å². The van der Waals surface area contributed by atoms with Gasteiger partial charge < -0.3 is 5.32 Å². The molecule has 1 heterocycles. The van der Waals surface area contributed by atoms with E-state index in [0.29, 0.717) is 6.04 Å². The van der Waals surface area contributed by atoms with E-state index in [9.17, 15) is 0 Å². The van der Waals surface area contributed by atoms with Gasteiger partial charge >= 0.3 is 0 Å². The zero-order valence-corrected chi connectivity index (χ0v) is 13.4. The first-order valence-electron chi connectivity index (χ1n) is 5.36. The Hall–Kier alpha value is -0.160. The van der Waals surface area contributed by atoms with Crippen LogP contribution in [0.3, 0.4) is 0 Å². The lowest BCUT2D eigenvalue weighted by molar-refractivity contribution is 0.593. The van der Waals surface area contributed by atoms with E-state index in [1.165, 1.54) is 14.9 Å². The molecule has 0 bridgehead atoms. The Balaban J connectivity index is 2.23. The number of benzene rings is 1. The predicted octanol–water partition coefficient (Wildman–Crippen LogP) is 4.78. The van der Waals surface area contributed by atoms with Crippen molar-refractivity contribution in [2.75, 3.05) is 7.05 Å². The van der Waals surface area contributed by atoms with Crippen LogP contribution >= 0.6 is 43.2 Å². The molecule has 0 fully saturated rings. The lowest BCUT2D eigenvalue weighted by Crippen LogP contribution is -2.19. The summed E-state index contributed by atoms with van der Waals surface area (Å²) >= 11 is 8.99. The van der Waals surface area contributed by atoms with Crippen molar-refractivity contribution < 1.29 is 0 Å². The fraction of sp³-hybridized carbons (Fsp3) is 0.231. The SMILES string of the molecule is CNC(Cc1sccc1Br)c1ccccc1Br. The highest BCUT2D eigenvalue weighted by atomic mass is 79.9. The maximum Gasteiger partial charge on any atom is 0.0377 e. The summed E-state index contributed by atoms with van der Waals surface area (Å²) in [5.41, 5.74) is 1.30. The predicted molar refractivity (Wildman–Crippen MR) is 81.7 cm³/mol. The van der Waals surface area contributed by atoms with Gasteiger partial charge in [-0.2, -0.15) is 0 Å². The molecule has 0 aliphatic carbocycles. The topological polar surface area (TPSA) is 12.0 Å². The van der Waals surface area contributed by atoms with Gasteiger partial charge in [-0.15, -0.1) is 11.3 Å². The summed E-state index contributed by atoms with van der Waals surface area (Å²) in [5, 5.41) is 5.50. The van der Waals surface area contributed by atoms with Crippen LogP contribution in [0.15, 0.2) is 44.7 Å². The molecule has 0 spiro atoms. The molecule has 17 heavy (non-hydrogen) atoms. The highest BCUT2D eigenvalue weighted by Crippen LogP contribution is 2.30. The van der Waals surface area contributed by atoms with Crippen LogP contribution in [-0.4, -0.2) is 7.05 Å². The normalized spacial score (nSPS) is 12.6. The third-order valence-electron chi connectivity index (χ3n) is 2.71. The van der Waals surface area contributed by atoms with Crippen LogP contribution in [-0.2, 0) is 6.42 Å². The smallest absolute Gasteiger partial charge is 0.0377 e. The molecule has 1 unspecified atom stereocenters. The summed E-state index contributed by atoms with van der Waals surface area (Å²) in [6.45, 7) is 0. The van der Waals surface area contributed by atoms with Crippen LogP contribution in [0.25, 0.3) is 0 Å². The molecule has 2 aromatic rings. The van der Waals surface area contributed by atoms with Crippen molar-refractivity contribution in [3.8, 4) is 0 Å². The highest BCUT2D eigenvalue weighted by Gasteiger charge is 2.14. The number of nitrogens with one attached hydrogen (secondary N) is 1. The fourth-order valence-corrected chi connectivity index (χ4v) is 3.90. The third kappa shape index (κ3) is 3.19. The molecule has 1 nitrogen and oxygen atoms in total. The van der Waals surface area contributed by atoms with Crippen molar-refractivity contribution in [1.29, 1.82) is 0 Å². The van der Waals surface area contributed by atoms with Gasteiger partial charge in [0.25, 0.3) is 0 Å². The summed E-state index contributed by atoms with van der Waals surface area (Å²) in [4.78, 5) is 1.38. The van der Waals surface area contributed by atoms with Crippen molar-refractivity contribution in [3.05, 3.63) is 55.1 Å². The van der Waals surface area contributed by atoms with E-state index in [0.717, 1.165) is 10.9 Å². The van der Waals surface area contributed by atoms with Crippen LogP contribution in [0.1, 0.15) is 16.5 Å². The molecule has 1 N–H and O–H groups in total. The molecule has 1 aromatic heterocycles. The Kier molecular flexibility index (Phi) is 4.79. The minimum Gasteiger partial charge on any atom is -0.313 e. The first kappa shape index (κ1) is 13.3. The van der Waals surface area contributed by atoms with Crippen LogP contribution in [0.4, 0.5) is 0 Å². The van der Waals surface area contributed by atoms with E-state index in [4.69, 9.17) is 0 Å². The van der Waals surface area contributed by atoms with E-state index < -0.39 is 0 Å². The first-order valence-corrected chi connectivity index (χ1v) is 7.82. The molecule has 0 saturated carbocycles. The van der Waals surface area contributed by atoms with Gasteiger partial charge in [-0.3, -0.25) is 0 Å². The average Bonchev–Trinajstić information content (AvgIpc) is 2.73. The van der Waals surface area contributed by atoms with Gasteiger partial charge in [0.15, 0.2) is 0 Å². The van der Waals surface area contributed by atoms with Gasteiger partial charge in [0.1, 0.15) is 0 Å². The standard InChI is InChI=1S/C13H13Br2NS/c1-16-12(8-13-11(15)6-7-17-13)9-4-2-3-5-10(9)14/h2-7,12,16H,8H2,1H3. The molecule has 90 valence electrons. The molecule has 0 aliphatic rings. The van der Waals surface area contributed by atoms with E-state index in [-0.39, 0.29) is 0 Å². The zero-order valence-electron chi connectivity index (χ0n) is 9.41. The molecular weight excluding hydrogens is 362 g/mol. The molecule has 1 aromatic carbocycles. The van der Waals surface area contributed by atoms with Crippen LogP contribution in [0.5, 0.6) is 0 Å². The maximum absolute atomic E-state index is 3.61. The van der Waals surface area contributed by atoms with Gasteiger partial charge in [0, 0.05) is 26.3 Å². The minimum atomic E-state index is 0.334. The van der Waals surface area contributed by atoms with E-state index in [1.54, 1.807) is 11.3 Å². The van der Waals surface area contributed by atoms with Crippen molar-refractivity contribution >= 4 is 43.2 Å². The van der Waals surface area contributed by atoms with Gasteiger partial charge in [0.05, 0.1) is 0 Å². The number of hydrogen-bond acceptors (Lipinski definition) is 2. The quantitative estimate of drug-likeness (QED) is 0.812. The highest BCUT2D eigenvalue weighted by molar-refractivity contribution is 9.10. The monoisotopic (exact) mass is 373 g/mol. The van der Waals surface area contributed by atoms with Gasteiger partial charge in [-0.25, -0.2) is 0 Å². The third-order valence-corrected chi connectivity index (χ3v) is 5.38. The lowest BCUT2D eigenvalue weighted by Gasteiger charge is -2.17. The lowest BCUT2D eigenvalue weighted by atomic mass is 10.0. The van der Waals surface area contributed by atoms with Gasteiger partial charge in [-0.1, -0.05) is 34.1 Å². The summed E-state index contributed by atoms with van der Waals surface area (Å²) in [7, 11) is 2.01. The van der Waals surface area contributed by atoms with Gasteiger partial charge in [-0.05, 0) is 46.1 Å². The molecule has 2 rings (SSSR count). The van der Waals surface area contributed by atoms with Crippen LogP contribution in [0.2, 0.25) is 0 Å². The van der Waals surface area contributed by atoms with Gasteiger partial charge in [0.2, 0.25) is 0 Å². The van der Waals surface area contributed by atoms with Crippen LogP contribution in [0, 0.1) is 0 Å². The number of thiophene rings is 1. The number of likely N-dealkylation sites (N-methyl/N-ethyl adjacent to an activating group) is 1. The second kappa shape index (κ2) is 6.14. The van der Waals surface area contributed by atoms with E-state index in [1.807, 2.05) is 13.1 Å². The molecule has 1 atom stereocenters. The van der Waals surface area contributed by atoms with E-state index in [2.05, 4.69) is 66.8 Å². The largest absolute Gasteiger partial charge is 0.313 e. The number of rotatable bonds is 4. The summed E-state index contributed by atoms with van der Waals surface area (Å²) in [6, 6.07) is 10.8. The maximum atomic E-state index is 3.61. The Morgan fingerprint density at radius 1 is 1.18 bits per heavy atom. The van der Waals surface area contributed by atoms with Crippen molar-refractivity contribution in [3.63, 3.8) is 0 Å². The summed E-state index contributed by atoms with van der Waals surface area (Å²) in [5.74, 6) is 0. The average molecular weight is 375 g/mol. The Morgan fingerprint density at radius 2 is 1.94 bits per heavy atom. The van der Waals surface area contributed by atoms with Crippen molar-refractivity contribution in [2.45, 2.75) is 12.5 Å².